The molecule has 1 aromatic heterocycles. The number of furan rings is 1. The van der Waals surface area contributed by atoms with Crippen LogP contribution in [0.5, 0.6) is 0 Å². The molecule has 31 heavy (non-hydrogen) atoms. The third-order valence-electron chi connectivity index (χ3n) is 6.68. The highest BCUT2D eigenvalue weighted by molar-refractivity contribution is 5.92. The molecule has 3 atom stereocenters. The van der Waals surface area contributed by atoms with Gasteiger partial charge in [0, 0.05) is 44.1 Å². The zero-order valence-electron chi connectivity index (χ0n) is 18.7. The quantitative estimate of drug-likeness (QED) is 0.648. The lowest BCUT2D eigenvalue weighted by molar-refractivity contribution is 0.0680. The van der Waals surface area contributed by atoms with Crippen molar-refractivity contribution in [1.29, 1.82) is 0 Å². The molecule has 0 saturated carbocycles. The van der Waals surface area contributed by atoms with Gasteiger partial charge in [0.1, 0.15) is 5.76 Å². The van der Waals surface area contributed by atoms with Crippen LogP contribution >= 0.6 is 24.8 Å². The van der Waals surface area contributed by atoms with Crippen LogP contribution in [-0.2, 0) is 13.0 Å². The highest BCUT2D eigenvalue weighted by Crippen LogP contribution is 2.43. The van der Waals surface area contributed by atoms with Crippen LogP contribution in [0.4, 0.5) is 0 Å². The van der Waals surface area contributed by atoms with Crippen LogP contribution in [0.15, 0.2) is 40.8 Å². The van der Waals surface area contributed by atoms with E-state index in [1.54, 1.807) is 0 Å². The van der Waals surface area contributed by atoms with Gasteiger partial charge in [0.25, 0.3) is 5.91 Å². The van der Waals surface area contributed by atoms with Crippen LogP contribution in [0.2, 0.25) is 0 Å². The summed E-state index contributed by atoms with van der Waals surface area (Å²) in [5.74, 6) is 2.46. The molecule has 2 fully saturated rings. The number of benzene rings is 1. The largest absolute Gasteiger partial charge is 0.456 e. The lowest BCUT2D eigenvalue weighted by atomic mass is 9.89. The molecule has 0 bridgehead atoms. The number of aryl methyl sites for hydroxylation is 1. The number of carbonyl (C=O) groups is 1. The maximum atomic E-state index is 13.6. The Kier molecular flexibility index (Phi) is 9.44. The molecular weight excluding hydrogens is 433 g/mol. The third kappa shape index (κ3) is 5.11. The number of rotatable bonds is 7. The fraction of sp³-hybridized carbons (Fsp3) is 0.542. The number of hydrogen-bond donors (Lipinski definition) is 1. The zero-order chi connectivity index (χ0) is 20.4. The van der Waals surface area contributed by atoms with Crippen molar-refractivity contribution in [3.63, 3.8) is 0 Å². The fourth-order valence-corrected chi connectivity index (χ4v) is 5.04. The van der Waals surface area contributed by atoms with Gasteiger partial charge in [0.15, 0.2) is 5.76 Å². The van der Waals surface area contributed by atoms with E-state index < -0.39 is 0 Å². The van der Waals surface area contributed by atoms with Gasteiger partial charge in [0.2, 0.25) is 0 Å². The Balaban J connectivity index is 0.00000171. The van der Waals surface area contributed by atoms with Gasteiger partial charge >= 0.3 is 0 Å². The lowest BCUT2D eigenvalue weighted by Crippen LogP contribution is -2.34. The Morgan fingerprint density at radius 1 is 1.13 bits per heavy atom. The van der Waals surface area contributed by atoms with Crippen molar-refractivity contribution in [2.24, 2.45) is 11.8 Å². The highest BCUT2D eigenvalue weighted by Gasteiger charge is 2.47. The number of likely N-dealkylation sites (tertiary alicyclic amines) is 1. The van der Waals surface area contributed by atoms with E-state index in [2.05, 4.69) is 60.2 Å². The van der Waals surface area contributed by atoms with Crippen LogP contribution in [0.3, 0.4) is 0 Å². The third-order valence-corrected chi connectivity index (χ3v) is 6.68. The predicted molar refractivity (Wildman–Crippen MR) is 129 cm³/mol. The van der Waals surface area contributed by atoms with Gasteiger partial charge < -0.3 is 14.6 Å². The van der Waals surface area contributed by atoms with Crippen LogP contribution in [-0.4, -0.2) is 48.4 Å². The molecular formula is C24H35Cl2N3O2. The van der Waals surface area contributed by atoms with Gasteiger partial charge in [-0.2, -0.15) is 0 Å². The normalized spacial score (nSPS) is 22.2. The van der Waals surface area contributed by atoms with Crippen molar-refractivity contribution in [2.45, 2.75) is 39.8 Å². The van der Waals surface area contributed by atoms with E-state index in [1.165, 1.54) is 5.56 Å². The summed E-state index contributed by atoms with van der Waals surface area (Å²) in [4.78, 5) is 18.0. The zero-order valence-corrected chi connectivity index (χ0v) is 20.3. The standard InChI is InChI=1S/C24H33N3O2.2ClH/c1-4-21-18(15-26(5-2)6-3)12-22(29-21)24(28)27-16-19-13-25-14-20(19)23(27)17-10-8-7-9-11-17;;/h7-12,19-20,23,25H,4-6,13-16H2,1-3H3;2*1H/t19-,20-,23-;;/m0../s1. The van der Waals surface area contributed by atoms with Gasteiger partial charge in [-0.3, -0.25) is 9.69 Å². The fourth-order valence-electron chi connectivity index (χ4n) is 5.04. The second-order valence-corrected chi connectivity index (χ2v) is 8.27. The number of halogens is 2. The van der Waals surface area contributed by atoms with Crippen molar-refractivity contribution >= 4 is 30.7 Å². The Bertz CT molecular complexity index is 839. The summed E-state index contributed by atoms with van der Waals surface area (Å²) < 4.78 is 6.10. The molecule has 5 nitrogen and oxygen atoms in total. The molecule has 4 rings (SSSR count). The average molecular weight is 468 g/mol. The highest BCUT2D eigenvalue weighted by atomic mass is 35.5. The summed E-state index contributed by atoms with van der Waals surface area (Å²) in [5, 5.41) is 3.51. The summed E-state index contributed by atoms with van der Waals surface area (Å²) in [6, 6.07) is 12.6. The molecule has 2 aromatic rings. The molecule has 0 aliphatic carbocycles. The lowest BCUT2D eigenvalue weighted by Gasteiger charge is -2.27. The molecule has 3 heterocycles. The minimum absolute atomic E-state index is 0. The van der Waals surface area contributed by atoms with Crippen molar-refractivity contribution < 1.29 is 9.21 Å². The number of nitrogens with zero attached hydrogens (tertiary/aromatic N) is 2. The molecule has 0 spiro atoms. The van der Waals surface area contributed by atoms with Crippen molar-refractivity contribution in [2.75, 3.05) is 32.7 Å². The van der Waals surface area contributed by atoms with E-state index in [0.29, 0.717) is 17.6 Å². The molecule has 2 aliphatic heterocycles. The summed E-state index contributed by atoms with van der Waals surface area (Å²) in [7, 11) is 0. The molecule has 172 valence electrons. The molecule has 2 saturated heterocycles. The minimum Gasteiger partial charge on any atom is -0.456 e. The number of fused-ring (bicyclic) bond motifs is 1. The first-order chi connectivity index (χ1) is 14.2. The number of nitrogens with one attached hydrogen (secondary N) is 1. The van der Waals surface area contributed by atoms with E-state index in [4.69, 9.17) is 4.42 Å². The summed E-state index contributed by atoms with van der Waals surface area (Å²) >= 11 is 0. The van der Waals surface area contributed by atoms with E-state index in [9.17, 15) is 4.79 Å². The number of amides is 1. The van der Waals surface area contributed by atoms with E-state index in [1.807, 2.05) is 12.1 Å². The van der Waals surface area contributed by atoms with Crippen molar-refractivity contribution in [3.05, 3.63) is 59.0 Å². The van der Waals surface area contributed by atoms with Crippen LogP contribution in [0.1, 0.15) is 54.3 Å². The van der Waals surface area contributed by atoms with Gasteiger partial charge in [0.05, 0.1) is 6.04 Å². The van der Waals surface area contributed by atoms with E-state index >= 15 is 0 Å². The second-order valence-electron chi connectivity index (χ2n) is 8.27. The van der Waals surface area contributed by atoms with Crippen molar-refractivity contribution in [1.82, 2.24) is 15.1 Å². The van der Waals surface area contributed by atoms with Crippen LogP contribution < -0.4 is 5.32 Å². The van der Waals surface area contributed by atoms with Crippen molar-refractivity contribution in [3.8, 4) is 0 Å². The Morgan fingerprint density at radius 3 is 2.48 bits per heavy atom. The molecule has 0 unspecified atom stereocenters. The molecule has 1 N–H and O–H groups in total. The maximum absolute atomic E-state index is 13.6. The topological polar surface area (TPSA) is 48.7 Å². The van der Waals surface area contributed by atoms with Gasteiger partial charge in [-0.05, 0) is 30.6 Å². The first-order valence-electron chi connectivity index (χ1n) is 11.1. The first kappa shape index (κ1) is 25.7. The minimum atomic E-state index is 0. The molecule has 7 heteroatoms. The Hall–Kier alpha value is -1.53. The Labute approximate surface area is 198 Å². The smallest absolute Gasteiger partial charge is 0.290 e. The Morgan fingerprint density at radius 2 is 1.84 bits per heavy atom. The second kappa shape index (κ2) is 11.4. The predicted octanol–water partition coefficient (Wildman–Crippen LogP) is 4.56. The summed E-state index contributed by atoms with van der Waals surface area (Å²) in [6.45, 7) is 12.0. The number of hydrogen-bond acceptors (Lipinski definition) is 4. The van der Waals surface area contributed by atoms with Gasteiger partial charge in [-0.1, -0.05) is 51.1 Å². The average Bonchev–Trinajstić information content (AvgIpc) is 3.46. The molecule has 2 aliphatic rings. The van der Waals surface area contributed by atoms with Crippen LogP contribution in [0, 0.1) is 11.8 Å². The van der Waals surface area contributed by atoms with E-state index in [-0.39, 0.29) is 36.8 Å². The summed E-state index contributed by atoms with van der Waals surface area (Å²) in [6.07, 6.45) is 0.807. The molecule has 0 radical (unpaired) electrons. The van der Waals surface area contributed by atoms with Gasteiger partial charge in [-0.25, -0.2) is 0 Å². The monoisotopic (exact) mass is 467 g/mol. The summed E-state index contributed by atoms with van der Waals surface area (Å²) in [5.41, 5.74) is 2.37. The SMILES string of the molecule is CCc1oc(C(=O)N2C[C@@H]3CNC[C@@H]3[C@@H]2c2ccccc2)cc1CN(CC)CC.Cl.Cl. The van der Waals surface area contributed by atoms with Gasteiger partial charge in [-0.15, -0.1) is 24.8 Å². The first-order valence-corrected chi connectivity index (χ1v) is 11.1. The van der Waals surface area contributed by atoms with E-state index in [0.717, 1.165) is 57.0 Å². The molecule has 1 amide bonds. The van der Waals surface area contributed by atoms with Crippen LogP contribution in [0.25, 0.3) is 0 Å². The maximum Gasteiger partial charge on any atom is 0.290 e. The number of carbonyl (C=O) groups excluding carboxylic acids is 1. The molecule has 1 aromatic carbocycles.